The number of benzene rings is 1. The van der Waals surface area contributed by atoms with Crippen molar-refractivity contribution in [3.8, 4) is 0 Å². The number of hydrogen-bond acceptors (Lipinski definition) is 3. The van der Waals surface area contributed by atoms with Crippen LogP contribution in [0.4, 0.5) is 16.2 Å². The number of nitrogens with one attached hydrogen (secondary N) is 1. The zero-order valence-corrected chi connectivity index (χ0v) is 16.4. The minimum absolute atomic E-state index is 0.0351. The minimum atomic E-state index is -0.570. The number of likely N-dealkylation sites (tertiary alicyclic amines) is 1. The highest BCUT2D eigenvalue weighted by Crippen LogP contribution is 2.50. The summed E-state index contributed by atoms with van der Waals surface area (Å²) in [5.41, 5.74) is 2.21. The van der Waals surface area contributed by atoms with Gasteiger partial charge in [-0.15, -0.1) is 0 Å². The summed E-state index contributed by atoms with van der Waals surface area (Å²) in [6, 6.07) is 11.9. The quantitative estimate of drug-likeness (QED) is 0.887. The van der Waals surface area contributed by atoms with E-state index in [4.69, 9.17) is 0 Å². The van der Waals surface area contributed by atoms with E-state index in [1.54, 1.807) is 17.3 Å². The molecule has 1 N–H and O–H groups in total. The number of para-hydroxylation sites is 1. The Morgan fingerprint density at radius 3 is 2.64 bits per heavy atom. The van der Waals surface area contributed by atoms with Crippen LogP contribution in [0.15, 0.2) is 48.8 Å². The fourth-order valence-electron chi connectivity index (χ4n) is 4.23. The van der Waals surface area contributed by atoms with Crippen molar-refractivity contribution >= 4 is 23.3 Å². The molecule has 0 radical (unpaired) electrons. The number of carbonyl (C=O) groups excluding carboxylic acids is 2. The summed E-state index contributed by atoms with van der Waals surface area (Å²) in [5, 5.41) is 3.03. The van der Waals surface area contributed by atoms with Crippen LogP contribution in [0, 0.1) is 0 Å². The van der Waals surface area contributed by atoms with E-state index in [0.717, 1.165) is 23.4 Å². The first kappa shape index (κ1) is 18.5. The maximum Gasteiger partial charge on any atom is 0.317 e. The summed E-state index contributed by atoms with van der Waals surface area (Å²) in [6.07, 6.45) is 5.60. The van der Waals surface area contributed by atoms with Gasteiger partial charge in [0.25, 0.3) is 0 Å². The zero-order chi connectivity index (χ0) is 19.7. The van der Waals surface area contributed by atoms with Crippen molar-refractivity contribution < 1.29 is 9.59 Å². The van der Waals surface area contributed by atoms with E-state index in [1.165, 1.54) is 0 Å². The average molecular weight is 378 g/mol. The smallest absolute Gasteiger partial charge is 0.317 e. The number of hydrogen-bond donors (Lipinski definition) is 1. The molecule has 6 nitrogen and oxygen atoms in total. The van der Waals surface area contributed by atoms with E-state index in [2.05, 4.69) is 23.3 Å². The standard InChI is InChI=1S/C22H26N4O2/c1-3-16(2)24-21(28)25-13-10-22(11-14-25)18-8-4-5-9-19(18)26(20(22)27)17-7-6-12-23-15-17/h4-9,12,15-16H,3,10-11,13-14H2,1-2H3,(H,24,28). The van der Waals surface area contributed by atoms with Crippen LogP contribution in [-0.4, -0.2) is 41.0 Å². The molecular weight excluding hydrogens is 352 g/mol. The Bertz CT molecular complexity index is 875. The maximum atomic E-state index is 13.6. The SMILES string of the molecule is CCC(C)NC(=O)N1CCC2(CC1)C(=O)N(c1cccnc1)c1ccccc12. The molecule has 4 rings (SSSR count). The van der Waals surface area contributed by atoms with Crippen LogP contribution in [0.3, 0.4) is 0 Å². The number of anilines is 2. The number of pyridine rings is 1. The van der Waals surface area contributed by atoms with E-state index in [9.17, 15) is 9.59 Å². The van der Waals surface area contributed by atoms with Crippen LogP contribution in [-0.2, 0) is 10.2 Å². The predicted molar refractivity (Wildman–Crippen MR) is 109 cm³/mol. The number of amides is 3. The third-order valence-corrected chi connectivity index (χ3v) is 6.06. The lowest BCUT2D eigenvalue weighted by Gasteiger charge is -2.38. The maximum absolute atomic E-state index is 13.6. The van der Waals surface area contributed by atoms with E-state index >= 15 is 0 Å². The Morgan fingerprint density at radius 2 is 1.96 bits per heavy atom. The molecule has 1 unspecified atom stereocenters. The molecule has 3 heterocycles. The summed E-state index contributed by atoms with van der Waals surface area (Å²) in [5.74, 6) is 0.0867. The number of rotatable bonds is 3. The first-order valence-electron chi connectivity index (χ1n) is 9.96. The topological polar surface area (TPSA) is 65.5 Å². The Kier molecular flexibility index (Phi) is 4.79. The normalized spacial score (nSPS) is 18.9. The van der Waals surface area contributed by atoms with E-state index in [0.29, 0.717) is 25.9 Å². The number of fused-ring (bicyclic) bond motifs is 2. The average Bonchev–Trinajstić information content (AvgIpc) is 2.97. The highest BCUT2D eigenvalue weighted by molar-refractivity contribution is 6.13. The summed E-state index contributed by atoms with van der Waals surface area (Å²) in [4.78, 5) is 33.9. The summed E-state index contributed by atoms with van der Waals surface area (Å²) in [7, 11) is 0. The Hall–Kier alpha value is -2.89. The van der Waals surface area contributed by atoms with Crippen LogP contribution >= 0.6 is 0 Å². The largest absolute Gasteiger partial charge is 0.336 e. The molecule has 1 spiro atoms. The van der Waals surface area contributed by atoms with Gasteiger partial charge in [0.2, 0.25) is 5.91 Å². The van der Waals surface area contributed by atoms with Gasteiger partial charge in [-0.2, -0.15) is 0 Å². The molecule has 1 fully saturated rings. The van der Waals surface area contributed by atoms with Crippen molar-refractivity contribution in [2.24, 2.45) is 0 Å². The van der Waals surface area contributed by atoms with Gasteiger partial charge in [0.15, 0.2) is 0 Å². The number of nitrogens with zero attached hydrogens (tertiary/aromatic N) is 3. The van der Waals surface area contributed by atoms with Crippen molar-refractivity contribution in [3.05, 3.63) is 54.4 Å². The van der Waals surface area contributed by atoms with Gasteiger partial charge in [0.1, 0.15) is 0 Å². The van der Waals surface area contributed by atoms with Crippen LogP contribution < -0.4 is 10.2 Å². The van der Waals surface area contributed by atoms with Crippen LogP contribution in [0.2, 0.25) is 0 Å². The first-order chi connectivity index (χ1) is 13.6. The molecule has 1 aromatic heterocycles. The van der Waals surface area contributed by atoms with Gasteiger partial charge in [-0.05, 0) is 49.9 Å². The molecule has 28 heavy (non-hydrogen) atoms. The van der Waals surface area contributed by atoms with Gasteiger partial charge in [0, 0.05) is 25.3 Å². The fourth-order valence-corrected chi connectivity index (χ4v) is 4.23. The number of aromatic nitrogens is 1. The summed E-state index contributed by atoms with van der Waals surface area (Å²) in [6.45, 7) is 5.20. The van der Waals surface area contributed by atoms with Gasteiger partial charge in [-0.1, -0.05) is 25.1 Å². The lowest BCUT2D eigenvalue weighted by Crippen LogP contribution is -2.52. The minimum Gasteiger partial charge on any atom is -0.336 e. The Morgan fingerprint density at radius 1 is 1.21 bits per heavy atom. The molecule has 3 amide bonds. The Balaban J connectivity index is 1.61. The van der Waals surface area contributed by atoms with Crippen molar-refractivity contribution in [3.63, 3.8) is 0 Å². The van der Waals surface area contributed by atoms with Crippen LogP contribution in [0.1, 0.15) is 38.7 Å². The second kappa shape index (κ2) is 7.26. The predicted octanol–water partition coefficient (Wildman–Crippen LogP) is 3.60. The molecule has 2 aromatic rings. The fraction of sp³-hybridized carbons (Fsp3) is 0.409. The van der Waals surface area contributed by atoms with Crippen LogP contribution in [0.25, 0.3) is 0 Å². The molecule has 1 saturated heterocycles. The third kappa shape index (κ3) is 2.93. The first-order valence-corrected chi connectivity index (χ1v) is 9.96. The Labute approximate surface area is 165 Å². The van der Waals surface area contributed by atoms with Crippen molar-refractivity contribution in [2.75, 3.05) is 18.0 Å². The van der Waals surface area contributed by atoms with E-state index in [1.807, 2.05) is 42.2 Å². The molecule has 146 valence electrons. The van der Waals surface area contributed by atoms with Gasteiger partial charge in [-0.3, -0.25) is 14.7 Å². The van der Waals surface area contributed by atoms with Crippen molar-refractivity contribution in [2.45, 2.75) is 44.6 Å². The number of urea groups is 1. The molecular formula is C22H26N4O2. The summed E-state index contributed by atoms with van der Waals surface area (Å²) >= 11 is 0. The van der Waals surface area contributed by atoms with Gasteiger partial charge in [0.05, 0.1) is 23.0 Å². The van der Waals surface area contributed by atoms with E-state index < -0.39 is 5.41 Å². The molecule has 0 aliphatic carbocycles. The van der Waals surface area contributed by atoms with Crippen LogP contribution in [0.5, 0.6) is 0 Å². The number of piperidine rings is 1. The van der Waals surface area contributed by atoms with Crippen molar-refractivity contribution in [1.82, 2.24) is 15.2 Å². The third-order valence-electron chi connectivity index (χ3n) is 6.06. The van der Waals surface area contributed by atoms with Crippen molar-refractivity contribution in [1.29, 1.82) is 0 Å². The molecule has 2 aliphatic heterocycles. The lowest BCUT2D eigenvalue weighted by molar-refractivity contribution is -0.124. The van der Waals surface area contributed by atoms with E-state index in [-0.39, 0.29) is 18.0 Å². The van der Waals surface area contributed by atoms with Gasteiger partial charge >= 0.3 is 6.03 Å². The monoisotopic (exact) mass is 378 g/mol. The summed E-state index contributed by atoms with van der Waals surface area (Å²) < 4.78 is 0. The highest BCUT2D eigenvalue weighted by atomic mass is 16.2. The molecule has 2 aliphatic rings. The number of carbonyl (C=O) groups is 2. The highest BCUT2D eigenvalue weighted by Gasteiger charge is 2.52. The molecule has 0 saturated carbocycles. The molecule has 1 aromatic carbocycles. The second-order valence-corrected chi connectivity index (χ2v) is 7.70. The second-order valence-electron chi connectivity index (χ2n) is 7.70. The van der Waals surface area contributed by atoms with Gasteiger partial charge < -0.3 is 10.2 Å². The lowest BCUT2D eigenvalue weighted by atomic mass is 9.73. The molecule has 6 heteroatoms. The van der Waals surface area contributed by atoms with Gasteiger partial charge in [-0.25, -0.2) is 4.79 Å². The molecule has 1 atom stereocenters. The molecule has 0 bridgehead atoms. The zero-order valence-electron chi connectivity index (χ0n) is 16.4.